The van der Waals surface area contributed by atoms with Crippen LogP contribution in [0.3, 0.4) is 0 Å². The Morgan fingerprint density at radius 1 is 0.679 bits per heavy atom. The molecule has 0 amide bonds. The normalized spacial score (nSPS) is 12.5. The van der Waals surface area contributed by atoms with E-state index < -0.39 is 29.8 Å². The Morgan fingerprint density at radius 2 is 1.21 bits per heavy atom. The third-order valence-electron chi connectivity index (χ3n) is 4.71. The molecule has 0 saturated heterocycles. The van der Waals surface area contributed by atoms with Crippen molar-refractivity contribution in [3.05, 3.63) is 59.2 Å². The van der Waals surface area contributed by atoms with Crippen molar-refractivity contribution >= 4 is 0 Å². The van der Waals surface area contributed by atoms with E-state index in [0.29, 0.717) is 12.0 Å². The number of unbranched alkanes of at least 4 members (excludes halogenated alkanes) is 5. The number of benzene rings is 2. The smallest absolute Gasteiger partial charge is 0.251 e. The molecule has 0 aliphatic rings. The molecule has 1 unspecified atom stereocenters. The zero-order chi connectivity index (χ0) is 20.5. The summed E-state index contributed by atoms with van der Waals surface area (Å²) in [4.78, 5) is 0. The molecule has 0 heterocycles. The molecule has 0 aromatic heterocycles. The van der Waals surface area contributed by atoms with Crippen LogP contribution in [0.25, 0.3) is 11.1 Å². The van der Waals surface area contributed by atoms with Crippen molar-refractivity contribution in [3.8, 4) is 11.1 Å². The van der Waals surface area contributed by atoms with Crippen LogP contribution in [0, 0.1) is 11.6 Å². The third kappa shape index (κ3) is 6.28. The standard InChI is InChI=1S/C22H24F6/c23-12-6-4-2-1-3-5-7-15-8-10-16(11-9-15)17-13-18(24)20(19(25)14-17)21(26)22(27)28/h8-11,13-14,21-22H,1-7,12H2. The second kappa shape index (κ2) is 11.1. The van der Waals surface area contributed by atoms with Crippen LogP contribution in [-0.2, 0) is 6.42 Å². The highest BCUT2D eigenvalue weighted by atomic mass is 19.3. The predicted octanol–water partition coefficient (Wildman–Crippen LogP) is 7.76. The van der Waals surface area contributed by atoms with E-state index in [1.807, 2.05) is 12.1 Å². The molecule has 1 atom stereocenters. The van der Waals surface area contributed by atoms with Gasteiger partial charge in [-0.15, -0.1) is 0 Å². The van der Waals surface area contributed by atoms with Gasteiger partial charge in [-0.25, -0.2) is 22.0 Å². The van der Waals surface area contributed by atoms with E-state index in [4.69, 9.17) is 0 Å². The topological polar surface area (TPSA) is 0 Å². The van der Waals surface area contributed by atoms with Crippen molar-refractivity contribution in [1.82, 2.24) is 0 Å². The van der Waals surface area contributed by atoms with Crippen molar-refractivity contribution in [2.45, 2.75) is 57.5 Å². The first-order valence-electron chi connectivity index (χ1n) is 9.50. The Kier molecular flexibility index (Phi) is 8.87. The number of alkyl halides is 4. The molecular formula is C22H24F6. The monoisotopic (exact) mass is 402 g/mol. The Bertz CT molecular complexity index is 703. The fraction of sp³-hybridized carbons (Fsp3) is 0.455. The van der Waals surface area contributed by atoms with Gasteiger partial charge in [-0.05, 0) is 48.1 Å². The second-order valence-electron chi connectivity index (χ2n) is 6.85. The lowest BCUT2D eigenvalue weighted by Crippen LogP contribution is -2.08. The quantitative estimate of drug-likeness (QED) is 0.266. The number of halogens is 6. The summed E-state index contributed by atoms with van der Waals surface area (Å²) in [6.45, 7) is -0.260. The average Bonchev–Trinajstić information content (AvgIpc) is 2.67. The highest BCUT2D eigenvalue weighted by Gasteiger charge is 2.28. The number of aryl methyl sites for hydroxylation is 1. The van der Waals surface area contributed by atoms with Crippen LogP contribution in [0.4, 0.5) is 26.3 Å². The molecule has 6 heteroatoms. The van der Waals surface area contributed by atoms with E-state index in [0.717, 1.165) is 56.2 Å². The van der Waals surface area contributed by atoms with Crippen LogP contribution < -0.4 is 0 Å². The van der Waals surface area contributed by atoms with Crippen LogP contribution in [0.1, 0.15) is 55.8 Å². The van der Waals surface area contributed by atoms with Gasteiger partial charge < -0.3 is 0 Å². The molecule has 0 aliphatic heterocycles. The van der Waals surface area contributed by atoms with Gasteiger partial charge in [0.05, 0.1) is 12.2 Å². The zero-order valence-corrected chi connectivity index (χ0v) is 15.5. The first-order chi connectivity index (χ1) is 13.4. The van der Waals surface area contributed by atoms with E-state index in [2.05, 4.69) is 0 Å². The van der Waals surface area contributed by atoms with Crippen LogP contribution in [0.5, 0.6) is 0 Å². The SMILES string of the molecule is FCCCCCCCCc1ccc(-c2cc(F)c(C(F)C(F)F)c(F)c2)cc1. The van der Waals surface area contributed by atoms with Gasteiger partial charge in [0.25, 0.3) is 6.43 Å². The molecule has 0 spiro atoms. The summed E-state index contributed by atoms with van der Waals surface area (Å²) in [5, 5.41) is 0. The van der Waals surface area contributed by atoms with Crippen LogP contribution in [-0.4, -0.2) is 13.1 Å². The summed E-state index contributed by atoms with van der Waals surface area (Å²) < 4.78 is 78.1. The molecule has 2 rings (SSSR count). The van der Waals surface area contributed by atoms with Gasteiger partial charge in [0, 0.05) is 0 Å². The highest BCUT2D eigenvalue weighted by Crippen LogP contribution is 2.32. The number of hydrogen-bond acceptors (Lipinski definition) is 0. The summed E-state index contributed by atoms with van der Waals surface area (Å²) in [7, 11) is 0. The summed E-state index contributed by atoms with van der Waals surface area (Å²) in [5.74, 6) is -2.64. The maximum absolute atomic E-state index is 14.0. The molecule has 2 aromatic carbocycles. The van der Waals surface area contributed by atoms with Gasteiger partial charge in [0.1, 0.15) is 11.6 Å². The van der Waals surface area contributed by atoms with Gasteiger partial charge in [0.2, 0.25) is 0 Å². The fourth-order valence-corrected chi connectivity index (χ4v) is 3.13. The minimum atomic E-state index is -3.49. The van der Waals surface area contributed by atoms with E-state index >= 15 is 0 Å². The molecule has 28 heavy (non-hydrogen) atoms. The van der Waals surface area contributed by atoms with E-state index in [1.165, 1.54) is 0 Å². The van der Waals surface area contributed by atoms with E-state index in [1.54, 1.807) is 12.1 Å². The molecule has 0 N–H and O–H groups in total. The van der Waals surface area contributed by atoms with E-state index in [-0.39, 0.29) is 12.2 Å². The molecule has 0 fully saturated rings. The largest absolute Gasteiger partial charge is 0.273 e. The fourth-order valence-electron chi connectivity index (χ4n) is 3.13. The second-order valence-corrected chi connectivity index (χ2v) is 6.85. The predicted molar refractivity (Wildman–Crippen MR) is 99.0 cm³/mol. The van der Waals surface area contributed by atoms with Crippen LogP contribution in [0.2, 0.25) is 0 Å². The highest BCUT2D eigenvalue weighted by molar-refractivity contribution is 5.64. The maximum atomic E-state index is 14.0. The van der Waals surface area contributed by atoms with Gasteiger partial charge in [-0.1, -0.05) is 49.9 Å². The van der Waals surface area contributed by atoms with Crippen LogP contribution >= 0.6 is 0 Å². The Morgan fingerprint density at radius 3 is 1.75 bits per heavy atom. The number of hydrogen-bond donors (Lipinski definition) is 0. The Hall–Kier alpha value is -1.98. The van der Waals surface area contributed by atoms with Crippen molar-refractivity contribution in [2.75, 3.05) is 6.67 Å². The third-order valence-corrected chi connectivity index (χ3v) is 4.71. The molecule has 0 aliphatic carbocycles. The zero-order valence-electron chi connectivity index (χ0n) is 15.5. The van der Waals surface area contributed by atoms with Crippen molar-refractivity contribution in [2.24, 2.45) is 0 Å². The summed E-state index contributed by atoms with van der Waals surface area (Å²) in [6.07, 6.45) is 0.0709. The molecule has 2 aromatic rings. The molecule has 154 valence electrons. The van der Waals surface area contributed by atoms with Gasteiger partial charge >= 0.3 is 0 Å². The minimum absolute atomic E-state index is 0.166. The maximum Gasteiger partial charge on any atom is 0.273 e. The van der Waals surface area contributed by atoms with Crippen molar-refractivity contribution < 1.29 is 26.3 Å². The molecule has 0 saturated carbocycles. The summed E-state index contributed by atoms with van der Waals surface area (Å²) in [6, 6.07) is 8.84. The lowest BCUT2D eigenvalue weighted by atomic mass is 9.98. The van der Waals surface area contributed by atoms with Gasteiger partial charge in [0.15, 0.2) is 6.17 Å². The first kappa shape index (κ1) is 22.3. The minimum Gasteiger partial charge on any atom is -0.251 e. The summed E-state index contributed by atoms with van der Waals surface area (Å²) >= 11 is 0. The lowest BCUT2D eigenvalue weighted by Gasteiger charge is -2.12. The Labute approximate surface area is 161 Å². The van der Waals surface area contributed by atoms with Gasteiger partial charge in [-0.2, -0.15) is 0 Å². The molecule has 0 nitrogen and oxygen atoms in total. The van der Waals surface area contributed by atoms with Crippen molar-refractivity contribution in [1.29, 1.82) is 0 Å². The molecular weight excluding hydrogens is 378 g/mol. The first-order valence-corrected chi connectivity index (χ1v) is 9.50. The van der Waals surface area contributed by atoms with Crippen molar-refractivity contribution in [3.63, 3.8) is 0 Å². The Balaban J connectivity index is 1.96. The lowest BCUT2D eigenvalue weighted by molar-refractivity contribution is 0.0455. The molecule has 0 bridgehead atoms. The summed E-state index contributed by atoms with van der Waals surface area (Å²) in [5.41, 5.74) is 0.528. The number of rotatable bonds is 11. The van der Waals surface area contributed by atoms with Crippen LogP contribution in [0.15, 0.2) is 36.4 Å². The average molecular weight is 402 g/mol. The van der Waals surface area contributed by atoms with Gasteiger partial charge in [-0.3, -0.25) is 4.39 Å². The van der Waals surface area contributed by atoms with E-state index in [9.17, 15) is 26.3 Å². The molecule has 0 radical (unpaired) electrons.